The number of nitrogens with two attached hydrogens (primary N) is 1. The van der Waals surface area contributed by atoms with Crippen molar-refractivity contribution in [2.24, 2.45) is 0 Å². The first kappa shape index (κ1) is 17.0. The van der Waals surface area contributed by atoms with E-state index in [0.717, 1.165) is 6.07 Å². The van der Waals surface area contributed by atoms with Gasteiger partial charge in [-0.1, -0.05) is 11.6 Å². The lowest BCUT2D eigenvalue weighted by Gasteiger charge is -2.16. The van der Waals surface area contributed by atoms with Crippen LogP contribution in [0.4, 0.5) is 23.2 Å². The van der Waals surface area contributed by atoms with Gasteiger partial charge < -0.3 is 5.73 Å². The fourth-order valence-electron chi connectivity index (χ4n) is 1.22. The number of hydrogen-bond donors (Lipinski definition) is 2. The first-order chi connectivity index (χ1) is 8.97. The van der Waals surface area contributed by atoms with Gasteiger partial charge in [0.15, 0.2) is 0 Å². The Hall–Kier alpha value is -1.06. The van der Waals surface area contributed by atoms with Crippen LogP contribution in [0.15, 0.2) is 17.0 Å². The largest absolute Gasteiger partial charge is 0.398 e. The number of benzene rings is 1. The van der Waals surface area contributed by atoms with Gasteiger partial charge in [0.25, 0.3) is 0 Å². The molecule has 0 unspecified atom stereocenters. The van der Waals surface area contributed by atoms with Crippen LogP contribution in [0.5, 0.6) is 0 Å². The van der Waals surface area contributed by atoms with Gasteiger partial charge in [0.2, 0.25) is 10.0 Å². The number of anilines is 1. The Kier molecular flexibility index (Phi) is 4.88. The molecule has 0 aliphatic heterocycles. The van der Waals surface area contributed by atoms with E-state index in [9.17, 15) is 26.0 Å². The molecular weight excluding hydrogens is 324 g/mol. The molecule has 10 heteroatoms. The van der Waals surface area contributed by atoms with Crippen LogP contribution in [-0.2, 0) is 10.0 Å². The second kappa shape index (κ2) is 5.74. The fraction of sp³-hybridized carbons (Fsp3) is 0.400. The summed E-state index contributed by atoms with van der Waals surface area (Å²) in [5.74, 6) is -4.48. The molecule has 114 valence electrons. The summed E-state index contributed by atoms with van der Waals surface area (Å²) in [5, 5.41) is -0.246. The molecule has 3 N–H and O–H groups in total. The van der Waals surface area contributed by atoms with E-state index in [1.807, 2.05) is 0 Å². The van der Waals surface area contributed by atoms with E-state index in [2.05, 4.69) is 0 Å². The van der Waals surface area contributed by atoms with Gasteiger partial charge in [-0.3, -0.25) is 0 Å². The Morgan fingerprint density at radius 2 is 1.95 bits per heavy atom. The van der Waals surface area contributed by atoms with Gasteiger partial charge in [0.05, 0.1) is 11.6 Å². The highest BCUT2D eigenvalue weighted by molar-refractivity contribution is 7.89. The maximum atomic E-state index is 12.7. The van der Waals surface area contributed by atoms with Crippen molar-refractivity contribution in [2.45, 2.75) is 24.2 Å². The molecule has 0 aliphatic rings. The number of halogens is 5. The Labute approximate surface area is 118 Å². The summed E-state index contributed by atoms with van der Waals surface area (Å²) in [6, 6.07) is 2.21. The molecule has 1 aromatic rings. The number of rotatable bonds is 5. The quantitative estimate of drug-likeness (QED) is 0.641. The number of nitrogens with one attached hydrogen (secondary N) is 1. The number of nitrogen functional groups attached to an aromatic ring is 1. The maximum absolute atomic E-state index is 12.7. The molecule has 0 aromatic heterocycles. The normalized spacial score (nSPS) is 12.9. The molecule has 0 saturated carbocycles. The average molecular weight is 335 g/mol. The van der Waals surface area contributed by atoms with Crippen molar-refractivity contribution in [1.82, 2.24) is 4.72 Å². The third-order valence-electron chi connectivity index (χ3n) is 2.43. The lowest BCUT2D eigenvalue weighted by molar-refractivity contribution is -0.122. The summed E-state index contributed by atoms with van der Waals surface area (Å²) in [7, 11) is -4.47. The minimum Gasteiger partial charge on any atom is -0.398 e. The summed E-state index contributed by atoms with van der Waals surface area (Å²) < 4.78 is 74.2. The Morgan fingerprint density at radius 3 is 2.45 bits per heavy atom. The average Bonchev–Trinajstić information content (AvgIpc) is 2.31. The summed E-state index contributed by atoms with van der Waals surface area (Å²) in [4.78, 5) is -0.549. The number of sulfonamides is 1. The second-order valence-corrected chi connectivity index (χ2v) is 6.17. The molecule has 0 radical (unpaired) electrons. The Bertz CT molecular complexity index is 608. The van der Waals surface area contributed by atoms with Crippen LogP contribution in [-0.4, -0.2) is 27.3 Å². The van der Waals surface area contributed by atoms with Crippen molar-refractivity contribution in [3.63, 3.8) is 0 Å². The molecule has 0 fully saturated rings. The van der Waals surface area contributed by atoms with E-state index in [-0.39, 0.29) is 10.7 Å². The van der Waals surface area contributed by atoms with Crippen molar-refractivity contribution in [1.29, 1.82) is 0 Å². The van der Waals surface area contributed by atoms with Crippen molar-refractivity contribution < 1.29 is 26.0 Å². The molecule has 1 aromatic carbocycles. The summed E-state index contributed by atoms with van der Waals surface area (Å²) in [6.07, 6.45) is -3.98. The van der Waals surface area contributed by atoms with E-state index < -0.39 is 33.8 Å². The van der Waals surface area contributed by atoms with Gasteiger partial charge in [-0.2, -0.15) is 8.78 Å². The van der Waals surface area contributed by atoms with Gasteiger partial charge in [0.1, 0.15) is 4.90 Å². The predicted molar refractivity (Wildman–Crippen MR) is 66.7 cm³/mol. The van der Waals surface area contributed by atoms with Crippen LogP contribution in [0, 0.1) is 6.92 Å². The monoisotopic (exact) mass is 334 g/mol. The van der Waals surface area contributed by atoms with E-state index in [4.69, 9.17) is 17.3 Å². The molecule has 0 saturated heterocycles. The van der Waals surface area contributed by atoms with Crippen LogP contribution >= 0.6 is 11.6 Å². The zero-order chi connectivity index (χ0) is 15.7. The first-order valence-electron chi connectivity index (χ1n) is 5.18. The van der Waals surface area contributed by atoms with E-state index in [1.54, 1.807) is 6.92 Å². The highest BCUT2D eigenvalue weighted by Crippen LogP contribution is 2.28. The molecule has 0 amide bonds. The van der Waals surface area contributed by atoms with Gasteiger partial charge in [-0.05, 0) is 24.6 Å². The molecule has 1 rings (SSSR count). The highest BCUT2D eigenvalue weighted by atomic mass is 35.5. The van der Waals surface area contributed by atoms with Gasteiger partial charge in [0, 0.05) is 5.69 Å². The van der Waals surface area contributed by atoms with E-state index >= 15 is 0 Å². The van der Waals surface area contributed by atoms with Crippen LogP contribution in [0.25, 0.3) is 0 Å². The maximum Gasteiger partial charge on any atom is 0.320 e. The van der Waals surface area contributed by atoms with E-state index in [1.165, 1.54) is 10.8 Å². The Balaban J connectivity index is 3.04. The molecule has 0 heterocycles. The van der Waals surface area contributed by atoms with Crippen LogP contribution < -0.4 is 10.5 Å². The zero-order valence-corrected chi connectivity index (χ0v) is 11.7. The minimum absolute atomic E-state index is 0.0791. The summed E-state index contributed by atoms with van der Waals surface area (Å²) >= 11 is 5.69. The summed E-state index contributed by atoms with van der Waals surface area (Å²) in [6.45, 7) is -0.174. The van der Waals surface area contributed by atoms with Crippen molar-refractivity contribution in [2.75, 3.05) is 12.3 Å². The molecule has 4 nitrogen and oxygen atoms in total. The number of aryl methyl sites for hydroxylation is 1. The van der Waals surface area contributed by atoms with Crippen LogP contribution in [0.3, 0.4) is 0 Å². The van der Waals surface area contributed by atoms with Crippen molar-refractivity contribution in [3.05, 3.63) is 22.7 Å². The Morgan fingerprint density at radius 1 is 1.40 bits per heavy atom. The first-order valence-corrected chi connectivity index (χ1v) is 7.05. The molecule has 0 bridgehead atoms. The zero-order valence-electron chi connectivity index (χ0n) is 10.1. The van der Waals surface area contributed by atoms with Gasteiger partial charge in [-0.25, -0.2) is 21.9 Å². The molecular formula is C10H11ClF4N2O2S. The number of alkyl halides is 4. The lowest BCUT2D eigenvalue weighted by atomic mass is 10.2. The third kappa shape index (κ3) is 3.74. The smallest absolute Gasteiger partial charge is 0.320 e. The SMILES string of the molecule is Cc1cc(Cl)c(S(=O)(=O)NCC(F)(F)C(F)F)cc1N. The topological polar surface area (TPSA) is 72.2 Å². The molecule has 0 atom stereocenters. The third-order valence-corrected chi connectivity index (χ3v) is 4.29. The molecule has 0 aliphatic carbocycles. The van der Waals surface area contributed by atoms with Crippen LogP contribution in [0.1, 0.15) is 5.56 Å². The van der Waals surface area contributed by atoms with E-state index in [0.29, 0.717) is 5.56 Å². The van der Waals surface area contributed by atoms with Gasteiger partial charge in [-0.15, -0.1) is 0 Å². The second-order valence-electron chi connectivity index (χ2n) is 4.03. The van der Waals surface area contributed by atoms with Crippen molar-refractivity contribution in [3.8, 4) is 0 Å². The fourth-order valence-corrected chi connectivity index (χ4v) is 2.88. The van der Waals surface area contributed by atoms with Crippen LogP contribution in [0.2, 0.25) is 5.02 Å². The minimum atomic E-state index is -4.48. The standard InChI is InChI=1S/C10H11ClF4N2O2S/c1-5-2-6(11)8(3-7(5)16)20(18,19)17-4-10(14,15)9(12)13/h2-3,9,17H,4,16H2,1H3. The summed E-state index contributed by atoms with van der Waals surface area (Å²) in [5.41, 5.74) is 6.07. The molecule has 0 spiro atoms. The van der Waals surface area contributed by atoms with Crippen molar-refractivity contribution >= 4 is 27.3 Å². The lowest BCUT2D eigenvalue weighted by Crippen LogP contribution is -2.41. The predicted octanol–water partition coefficient (Wildman–Crippen LogP) is 2.41. The van der Waals surface area contributed by atoms with Gasteiger partial charge >= 0.3 is 12.3 Å². The molecule has 20 heavy (non-hydrogen) atoms. The number of hydrogen-bond acceptors (Lipinski definition) is 3. The highest BCUT2D eigenvalue weighted by Gasteiger charge is 2.41.